The van der Waals surface area contributed by atoms with Crippen LogP contribution >= 0.6 is 0 Å². The van der Waals surface area contributed by atoms with E-state index in [2.05, 4.69) is 6.92 Å². The second-order valence-corrected chi connectivity index (χ2v) is 8.42. The van der Waals surface area contributed by atoms with Crippen molar-refractivity contribution in [1.29, 1.82) is 0 Å². The number of para-hydroxylation sites is 1. The van der Waals surface area contributed by atoms with Crippen LogP contribution in [-0.2, 0) is 16.5 Å². The van der Waals surface area contributed by atoms with Gasteiger partial charge in [-0.05, 0) is 36.6 Å². The molecule has 0 bridgehead atoms. The van der Waals surface area contributed by atoms with Gasteiger partial charge in [-0.15, -0.1) is 0 Å². The van der Waals surface area contributed by atoms with E-state index in [0.29, 0.717) is 5.75 Å². The van der Waals surface area contributed by atoms with Gasteiger partial charge in [0.25, 0.3) is 10.1 Å². The van der Waals surface area contributed by atoms with Crippen LogP contribution in [0, 0.1) is 0 Å². The zero-order valence-electron chi connectivity index (χ0n) is 17.4. The van der Waals surface area contributed by atoms with Crippen molar-refractivity contribution >= 4 is 10.1 Å². The molecule has 0 heterocycles. The number of ether oxygens (including phenoxy) is 1. The molecule has 2 rings (SSSR count). The Hall–Kier alpha value is -0.414. The zero-order valence-corrected chi connectivity index (χ0v) is 21.3. The molecular formula is C22H29KO5S. The molecular weight excluding hydrogens is 415 g/mol. The molecule has 0 saturated heterocycles. The van der Waals surface area contributed by atoms with E-state index in [0.717, 1.165) is 18.9 Å². The number of rotatable bonds is 12. The summed E-state index contributed by atoms with van der Waals surface area (Å²) in [5.41, 5.74) is 1.17. The number of benzene rings is 2. The molecule has 0 aromatic heterocycles. The fourth-order valence-electron chi connectivity index (χ4n) is 3.10. The largest absolute Gasteiger partial charge is 1.00 e. The number of hydrogen-bond donors (Lipinski definition) is 1. The molecule has 0 saturated carbocycles. The smallest absolute Gasteiger partial charge is 0.870 e. The Morgan fingerprint density at radius 2 is 1.48 bits per heavy atom. The Morgan fingerprint density at radius 1 is 0.897 bits per heavy atom. The summed E-state index contributed by atoms with van der Waals surface area (Å²) in [6.07, 6.45) is 11.2. The molecule has 0 aliphatic carbocycles. The Labute approximate surface area is 217 Å². The second kappa shape index (κ2) is 13.8. The molecule has 0 fully saturated rings. The van der Waals surface area contributed by atoms with E-state index >= 15 is 0 Å². The summed E-state index contributed by atoms with van der Waals surface area (Å²) in [7, 11) is -4.53. The molecule has 0 amide bonds. The van der Waals surface area contributed by atoms with Crippen molar-refractivity contribution in [2.24, 2.45) is 0 Å². The van der Waals surface area contributed by atoms with Gasteiger partial charge in [-0.25, -0.2) is 0 Å². The maximum absolute atomic E-state index is 11.9. The van der Waals surface area contributed by atoms with Gasteiger partial charge >= 0.3 is 51.4 Å². The molecule has 0 aliphatic heterocycles. The van der Waals surface area contributed by atoms with Crippen LogP contribution in [0.4, 0.5) is 0 Å². The first-order valence-electron chi connectivity index (χ1n) is 9.96. The van der Waals surface area contributed by atoms with E-state index < -0.39 is 20.8 Å². The Kier molecular flexibility index (Phi) is 12.7. The van der Waals surface area contributed by atoms with Crippen molar-refractivity contribution in [2.45, 2.75) is 69.6 Å². The summed E-state index contributed by atoms with van der Waals surface area (Å²) < 4.78 is 37.6. The second-order valence-electron chi connectivity index (χ2n) is 7.03. The number of unbranched alkanes of at least 4 members (excludes halogenated alkanes) is 7. The minimum absolute atomic E-state index is 0. The van der Waals surface area contributed by atoms with Crippen LogP contribution < -0.4 is 61.2 Å². The summed E-state index contributed by atoms with van der Waals surface area (Å²) in [5, 5.41) is 11.9. The number of aryl methyl sites for hydroxylation is 1. The van der Waals surface area contributed by atoms with E-state index in [1.807, 2.05) is 12.1 Å². The summed E-state index contributed by atoms with van der Waals surface area (Å²) in [5.74, 6) is -0.633. The van der Waals surface area contributed by atoms with Gasteiger partial charge in [0, 0.05) is 0 Å². The van der Waals surface area contributed by atoms with E-state index in [4.69, 9.17) is 4.74 Å². The predicted octanol–water partition coefficient (Wildman–Crippen LogP) is 2.49. The normalized spacial score (nSPS) is 11.1. The summed E-state index contributed by atoms with van der Waals surface area (Å²) in [6, 6.07) is 10.9. The van der Waals surface area contributed by atoms with Gasteiger partial charge in [0.15, 0.2) is 0 Å². The van der Waals surface area contributed by atoms with Crippen LogP contribution in [0.5, 0.6) is 17.2 Å². The van der Waals surface area contributed by atoms with Crippen LogP contribution in [-0.4, -0.2) is 13.0 Å². The maximum Gasteiger partial charge on any atom is 1.00 e. The van der Waals surface area contributed by atoms with Gasteiger partial charge in [-0.1, -0.05) is 81.9 Å². The van der Waals surface area contributed by atoms with Crippen molar-refractivity contribution in [3.63, 3.8) is 0 Å². The Bertz CT molecular complexity index is 835. The summed E-state index contributed by atoms with van der Waals surface area (Å²) >= 11 is 0. The van der Waals surface area contributed by atoms with Crippen molar-refractivity contribution in [3.8, 4) is 17.2 Å². The molecule has 0 aliphatic rings. The van der Waals surface area contributed by atoms with Gasteiger partial charge in [0.05, 0.1) is 0 Å². The third-order valence-electron chi connectivity index (χ3n) is 4.68. The van der Waals surface area contributed by atoms with E-state index in [1.54, 1.807) is 12.1 Å². The molecule has 5 nitrogen and oxygen atoms in total. The van der Waals surface area contributed by atoms with Gasteiger partial charge < -0.3 is 9.84 Å². The standard InChI is InChI=1S/C22H30O5S.K/c1-2-3-4-5-6-7-8-9-11-18-14-16-19(17-15-18)27-22-20(23)12-10-13-21(22)28(24,25)26;/h10,12-17,23H,2-9,11H2,1H3,(H,24,25,26);/q;+1/p-1. The quantitative estimate of drug-likeness (QED) is 0.309. The molecule has 0 atom stereocenters. The Morgan fingerprint density at radius 3 is 2.07 bits per heavy atom. The zero-order chi connectivity index (χ0) is 20.4. The molecule has 7 heteroatoms. The van der Waals surface area contributed by atoms with E-state index in [1.165, 1.54) is 62.6 Å². The third kappa shape index (κ3) is 9.51. The average Bonchev–Trinajstić information content (AvgIpc) is 2.66. The van der Waals surface area contributed by atoms with Crippen LogP contribution in [0.15, 0.2) is 47.4 Å². The first kappa shape index (κ1) is 26.6. The van der Waals surface area contributed by atoms with Gasteiger partial charge in [-0.3, -0.25) is 4.55 Å². The molecule has 2 aromatic carbocycles. The first-order valence-corrected chi connectivity index (χ1v) is 11.4. The SMILES string of the molecule is CCCCCCCCCCc1ccc(Oc2c([O-])cccc2S(=O)(=O)O)cc1.[K+]. The maximum atomic E-state index is 11.9. The van der Waals surface area contributed by atoms with Crippen LogP contribution in [0.25, 0.3) is 0 Å². The van der Waals surface area contributed by atoms with Crippen molar-refractivity contribution in [1.82, 2.24) is 0 Å². The molecule has 0 unspecified atom stereocenters. The molecule has 29 heavy (non-hydrogen) atoms. The van der Waals surface area contributed by atoms with Crippen LogP contribution in [0.2, 0.25) is 0 Å². The third-order valence-corrected chi connectivity index (χ3v) is 5.56. The molecule has 0 spiro atoms. The van der Waals surface area contributed by atoms with Gasteiger partial charge in [-0.2, -0.15) is 8.42 Å². The van der Waals surface area contributed by atoms with Gasteiger partial charge in [0.2, 0.25) is 0 Å². The first-order chi connectivity index (χ1) is 13.4. The molecule has 1 N–H and O–H groups in total. The minimum atomic E-state index is -4.53. The van der Waals surface area contributed by atoms with E-state index in [9.17, 15) is 18.1 Å². The van der Waals surface area contributed by atoms with Crippen molar-refractivity contribution in [3.05, 3.63) is 48.0 Å². The summed E-state index contributed by atoms with van der Waals surface area (Å²) in [4.78, 5) is -0.525. The predicted molar refractivity (Wildman–Crippen MR) is 109 cm³/mol. The van der Waals surface area contributed by atoms with Crippen LogP contribution in [0.3, 0.4) is 0 Å². The van der Waals surface area contributed by atoms with E-state index in [-0.39, 0.29) is 57.1 Å². The monoisotopic (exact) mass is 444 g/mol. The average molecular weight is 445 g/mol. The minimum Gasteiger partial charge on any atom is -0.870 e. The summed E-state index contributed by atoms with van der Waals surface area (Å²) in [6.45, 7) is 2.23. The van der Waals surface area contributed by atoms with Crippen molar-refractivity contribution in [2.75, 3.05) is 0 Å². The molecule has 0 radical (unpaired) electrons. The fourth-order valence-corrected chi connectivity index (χ4v) is 3.73. The fraction of sp³-hybridized carbons (Fsp3) is 0.455. The topological polar surface area (TPSA) is 86.7 Å². The molecule has 154 valence electrons. The molecule has 2 aromatic rings. The van der Waals surface area contributed by atoms with Crippen LogP contribution in [0.1, 0.15) is 63.9 Å². The Balaban J connectivity index is 0.00000420. The van der Waals surface area contributed by atoms with Crippen molar-refractivity contribution < 1.29 is 74.2 Å². The van der Waals surface area contributed by atoms with Gasteiger partial charge in [0.1, 0.15) is 16.4 Å². The number of hydrogen-bond acceptors (Lipinski definition) is 4.